The van der Waals surface area contributed by atoms with Gasteiger partial charge in [-0.3, -0.25) is 0 Å². The van der Waals surface area contributed by atoms with Gasteiger partial charge in [0.15, 0.2) is 11.6 Å². The van der Waals surface area contributed by atoms with E-state index in [0.717, 1.165) is 24.1 Å². The molecule has 192 valence electrons. The summed E-state index contributed by atoms with van der Waals surface area (Å²) in [4.78, 5) is 0. The summed E-state index contributed by atoms with van der Waals surface area (Å²) in [5.74, 6) is -10.9. The molecule has 0 radical (unpaired) electrons. The molecule has 0 aliphatic carbocycles. The molecule has 3 aromatic rings. The van der Waals surface area contributed by atoms with Crippen molar-refractivity contribution in [1.82, 2.24) is 0 Å². The first-order valence-electron chi connectivity index (χ1n) is 10.3. The highest BCUT2D eigenvalue weighted by Crippen LogP contribution is 2.38. The Morgan fingerprint density at radius 3 is 1.94 bits per heavy atom. The van der Waals surface area contributed by atoms with E-state index in [4.69, 9.17) is 0 Å². The van der Waals surface area contributed by atoms with Crippen molar-refractivity contribution >= 4 is 5.83 Å². The van der Waals surface area contributed by atoms with Gasteiger partial charge in [-0.25, -0.2) is 17.6 Å². The Bertz CT molecular complexity index is 1250. The maximum absolute atomic E-state index is 14.6. The zero-order valence-electron chi connectivity index (χ0n) is 18.3. The standard InChI is InChI=1S/C25H16F10O/c1-2-3-13-4-6-15(7-5-13)25(34,35)36-20-9-8-16(22(29)23(20)30)14-10-17(26)21(18(27)11-14)19(28)12-24(31,32)33/h4-12H,2-3H2,1H3. The van der Waals surface area contributed by atoms with Crippen LogP contribution in [-0.4, -0.2) is 6.18 Å². The number of allylic oxidation sites excluding steroid dienone is 1. The van der Waals surface area contributed by atoms with Gasteiger partial charge in [0.25, 0.3) is 0 Å². The van der Waals surface area contributed by atoms with Crippen LogP contribution in [0.5, 0.6) is 5.75 Å². The lowest BCUT2D eigenvalue weighted by Crippen LogP contribution is -2.22. The summed E-state index contributed by atoms with van der Waals surface area (Å²) >= 11 is 0. The molecule has 36 heavy (non-hydrogen) atoms. The van der Waals surface area contributed by atoms with Crippen LogP contribution in [0.4, 0.5) is 43.9 Å². The van der Waals surface area contributed by atoms with Gasteiger partial charge in [0.1, 0.15) is 17.5 Å². The van der Waals surface area contributed by atoms with Gasteiger partial charge in [-0.2, -0.15) is 26.3 Å². The highest BCUT2D eigenvalue weighted by molar-refractivity contribution is 5.70. The molecule has 0 unspecified atom stereocenters. The van der Waals surface area contributed by atoms with Crippen LogP contribution in [0.25, 0.3) is 17.0 Å². The van der Waals surface area contributed by atoms with Crippen LogP contribution in [0.15, 0.2) is 54.6 Å². The summed E-state index contributed by atoms with van der Waals surface area (Å²) in [6.07, 6.45) is -8.84. The summed E-state index contributed by atoms with van der Waals surface area (Å²) in [7, 11) is 0. The first-order chi connectivity index (χ1) is 16.7. The summed E-state index contributed by atoms with van der Waals surface area (Å²) in [6, 6.07) is 6.77. The largest absolute Gasteiger partial charge is 0.426 e. The summed E-state index contributed by atoms with van der Waals surface area (Å²) in [5.41, 5.74) is -3.09. The van der Waals surface area contributed by atoms with Crippen molar-refractivity contribution in [1.29, 1.82) is 0 Å². The van der Waals surface area contributed by atoms with Crippen LogP contribution in [-0.2, 0) is 12.5 Å². The minimum atomic E-state index is -5.22. The molecule has 3 aromatic carbocycles. The number of alkyl halides is 5. The van der Waals surface area contributed by atoms with E-state index in [0.29, 0.717) is 18.6 Å². The SMILES string of the molecule is CCCc1ccc(C(F)(F)Oc2ccc(-c3cc(F)c(C(F)=CC(F)(F)F)c(F)c3)c(F)c2F)cc1. The number of ether oxygens (including phenoxy) is 1. The number of aryl methyl sites for hydroxylation is 1. The Morgan fingerprint density at radius 2 is 1.42 bits per heavy atom. The molecule has 0 spiro atoms. The van der Waals surface area contributed by atoms with Gasteiger partial charge in [0, 0.05) is 5.56 Å². The number of hydrogen-bond donors (Lipinski definition) is 0. The minimum absolute atomic E-state index is 0.271. The van der Waals surface area contributed by atoms with Crippen molar-refractivity contribution in [2.45, 2.75) is 32.1 Å². The van der Waals surface area contributed by atoms with Crippen LogP contribution >= 0.6 is 0 Å². The quantitative estimate of drug-likeness (QED) is 0.282. The Labute approximate surface area is 198 Å². The zero-order valence-corrected chi connectivity index (χ0v) is 18.3. The Morgan fingerprint density at radius 1 is 0.833 bits per heavy atom. The lowest BCUT2D eigenvalue weighted by atomic mass is 10.0. The van der Waals surface area contributed by atoms with E-state index in [1.54, 1.807) is 0 Å². The molecule has 0 saturated carbocycles. The van der Waals surface area contributed by atoms with E-state index in [2.05, 4.69) is 4.74 Å². The summed E-state index contributed by atoms with van der Waals surface area (Å²) < 4.78 is 141. The molecule has 1 nitrogen and oxygen atoms in total. The highest BCUT2D eigenvalue weighted by atomic mass is 19.4. The first kappa shape index (κ1) is 27.1. The average molecular weight is 522 g/mol. The van der Waals surface area contributed by atoms with Crippen LogP contribution < -0.4 is 4.74 Å². The molecule has 0 atom stereocenters. The molecule has 0 bridgehead atoms. The molecule has 0 N–H and O–H groups in total. The maximum Gasteiger partial charge on any atom is 0.426 e. The van der Waals surface area contributed by atoms with Crippen molar-refractivity contribution in [2.24, 2.45) is 0 Å². The number of rotatable bonds is 7. The smallest absolute Gasteiger partial charge is 0.426 e. The average Bonchev–Trinajstić information content (AvgIpc) is 2.76. The molecule has 0 aliphatic rings. The molecule has 0 fully saturated rings. The maximum atomic E-state index is 14.6. The van der Waals surface area contributed by atoms with Crippen molar-refractivity contribution in [3.8, 4) is 16.9 Å². The fourth-order valence-electron chi connectivity index (χ4n) is 3.36. The van der Waals surface area contributed by atoms with Gasteiger partial charge in [-0.1, -0.05) is 25.5 Å². The van der Waals surface area contributed by atoms with Gasteiger partial charge in [0.05, 0.1) is 17.2 Å². The molecule has 11 heteroatoms. The normalized spacial score (nSPS) is 12.7. The fourth-order valence-corrected chi connectivity index (χ4v) is 3.36. The van der Waals surface area contributed by atoms with Gasteiger partial charge < -0.3 is 4.74 Å². The first-order valence-corrected chi connectivity index (χ1v) is 10.3. The van der Waals surface area contributed by atoms with Gasteiger partial charge in [0.2, 0.25) is 5.82 Å². The highest BCUT2D eigenvalue weighted by Gasteiger charge is 2.36. The molecule has 0 saturated heterocycles. The van der Waals surface area contributed by atoms with E-state index in [9.17, 15) is 43.9 Å². The second kappa shape index (κ2) is 10.2. The van der Waals surface area contributed by atoms with E-state index in [1.165, 1.54) is 12.1 Å². The summed E-state index contributed by atoms with van der Waals surface area (Å²) in [5, 5.41) is 0. The van der Waals surface area contributed by atoms with Crippen LogP contribution in [0.1, 0.15) is 30.0 Å². The van der Waals surface area contributed by atoms with Gasteiger partial charge >= 0.3 is 12.3 Å². The van der Waals surface area contributed by atoms with Crippen molar-refractivity contribution in [3.05, 3.63) is 94.6 Å². The third kappa shape index (κ3) is 6.00. The van der Waals surface area contributed by atoms with Crippen molar-refractivity contribution in [2.75, 3.05) is 0 Å². The molecular weight excluding hydrogens is 506 g/mol. The lowest BCUT2D eigenvalue weighted by Gasteiger charge is -2.19. The topological polar surface area (TPSA) is 9.23 Å². The fraction of sp³-hybridized carbons (Fsp3) is 0.200. The van der Waals surface area contributed by atoms with E-state index in [-0.39, 0.29) is 12.1 Å². The van der Waals surface area contributed by atoms with Gasteiger partial charge in [-0.15, -0.1) is 0 Å². The van der Waals surface area contributed by atoms with E-state index >= 15 is 0 Å². The zero-order chi connectivity index (χ0) is 26.8. The van der Waals surface area contributed by atoms with Gasteiger partial charge in [-0.05, 0) is 53.9 Å². The molecule has 0 aromatic heterocycles. The Hall–Kier alpha value is -3.50. The number of hydrogen-bond acceptors (Lipinski definition) is 1. The molecule has 3 rings (SSSR count). The molecule has 0 aliphatic heterocycles. The molecule has 0 heterocycles. The Balaban J connectivity index is 1.93. The van der Waals surface area contributed by atoms with Crippen LogP contribution in [0.3, 0.4) is 0 Å². The second-order valence-corrected chi connectivity index (χ2v) is 7.65. The number of benzene rings is 3. The van der Waals surface area contributed by atoms with Crippen molar-refractivity contribution < 1.29 is 48.6 Å². The summed E-state index contributed by atoms with van der Waals surface area (Å²) in [6.45, 7) is 1.90. The van der Waals surface area contributed by atoms with Crippen LogP contribution in [0.2, 0.25) is 0 Å². The third-order valence-electron chi connectivity index (χ3n) is 5.00. The predicted molar refractivity (Wildman–Crippen MR) is 112 cm³/mol. The minimum Gasteiger partial charge on any atom is -0.426 e. The van der Waals surface area contributed by atoms with Crippen molar-refractivity contribution in [3.63, 3.8) is 0 Å². The van der Waals surface area contributed by atoms with E-state index < -0.39 is 75.5 Å². The second-order valence-electron chi connectivity index (χ2n) is 7.65. The number of halogens is 10. The Kier molecular flexibility index (Phi) is 7.70. The third-order valence-corrected chi connectivity index (χ3v) is 5.00. The molecular formula is C25H16F10O. The predicted octanol–water partition coefficient (Wildman–Crippen LogP) is 8.86. The lowest BCUT2D eigenvalue weighted by molar-refractivity contribution is -0.187. The van der Waals surface area contributed by atoms with Crippen LogP contribution in [0, 0.1) is 23.3 Å². The molecule has 0 amide bonds. The monoisotopic (exact) mass is 522 g/mol. The van der Waals surface area contributed by atoms with E-state index in [1.807, 2.05) is 6.92 Å².